The second-order valence-corrected chi connectivity index (χ2v) is 3.44. The highest BCUT2D eigenvalue weighted by molar-refractivity contribution is 5.91. The van der Waals surface area contributed by atoms with Crippen LogP contribution in [0.1, 0.15) is 13.8 Å². The van der Waals surface area contributed by atoms with Crippen molar-refractivity contribution in [3.05, 3.63) is 18.6 Å². The lowest BCUT2D eigenvalue weighted by molar-refractivity contribution is 0.236. The van der Waals surface area contributed by atoms with Crippen molar-refractivity contribution >= 4 is 16.7 Å². The van der Waals surface area contributed by atoms with Gasteiger partial charge in [0.1, 0.15) is 17.5 Å². The van der Waals surface area contributed by atoms with E-state index in [0.29, 0.717) is 17.1 Å². The lowest BCUT2D eigenvalue weighted by Crippen LogP contribution is -2.08. The molecule has 0 unspecified atom stereocenters. The molecule has 5 nitrogen and oxygen atoms in total. The third kappa shape index (κ3) is 1.81. The van der Waals surface area contributed by atoms with Crippen molar-refractivity contribution in [3.63, 3.8) is 0 Å². The lowest BCUT2D eigenvalue weighted by Gasteiger charge is -2.10. The molecule has 2 heterocycles. The van der Waals surface area contributed by atoms with E-state index >= 15 is 0 Å². The summed E-state index contributed by atoms with van der Waals surface area (Å²) in [5.41, 5.74) is 6.51. The molecule has 2 rings (SSSR count). The SMILES string of the molecule is CC(C)Oc1nccc2ncnc(N)c12. The molecule has 0 amide bonds. The molecule has 0 bridgehead atoms. The molecule has 0 aliphatic carbocycles. The predicted molar refractivity (Wildman–Crippen MR) is 57.5 cm³/mol. The van der Waals surface area contributed by atoms with E-state index < -0.39 is 0 Å². The molecule has 5 heteroatoms. The van der Waals surface area contributed by atoms with E-state index in [4.69, 9.17) is 10.5 Å². The third-order valence-corrected chi connectivity index (χ3v) is 1.89. The molecule has 0 spiro atoms. The van der Waals surface area contributed by atoms with Crippen molar-refractivity contribution in [2.24, 2.45) is 0 Å². The van der Waals surface area contributed by atoms with Crippen molar-refractivity contribution < 1.29 is 4.74 Å². The second kappa shape index (κ2) is 3.68. The molecular formula is C10H12N4O. The Bertz CT molecular complexity index is 479. The Kier molecular flexibility index (Phi) is 2.37. The van der Waals surface area contributed by atoms with Gasteiger partial charge in [-0.3, -0.25) is 0 Å². The molecule has 0 saturated carbocycles. The molecule has 15 heavy (non-hydrogen) atoms. The molecule has 78 valence electrons. The average molecular weight is 204 g/mol. The summed E-state index contributed by atoms with van der Waals surface area (Å²) in [6.07, 6.45) is 3.12. The molecule has 2 N–H and O–H groups in total. The quantitative estimate of drug-likeness (QED) is 0.800. The van der Waals surface area contributed by atoms with Crippen LogP contribution in [0.3, 0.4) is 0 Å². The first kappa shape index (κ1) is 9.64. The molecule has 2 aromatic rings. The Morgan fingerprint density at radius 1 is 1.27 bits per heavy atom. The zero-order valence-corrected chi connectivity index (χ0v) is 8.64. The van der Waals surface area contributed by atoms with Gasteiger partial charge >= 0.3 is 0 Å². The zero-order valence-electron chi connectivity index (χ0n) is 8.64. The molecule has 0 radical (unpaired) electrons. The maximum atomic E-state index is 5.76. The van der Waals surface area contributed by atoms with Crippen LogP contribution < -0.4 is 10.5 Å². The molecule has 0 atom stereocenters. The summed E-state index contributed by atoms with van der Waals surface area (Å²) in [4.78, 5) is 12.1. The Morgan fingerprint density at radius 3 is 2.80 bits per heavy atom. The van der Waals surface area contributed by atoms with Crippen molar-refractivity contribution in [1.29, 1.82) is 0 Å². The second-order valence-electron chi connectivity index (χ2n) is 3.44. The maximum absolute atomic E-state index is 5.76. The monoisotopic (exact) mass is 204 g/mol. The smallest absolute Gasteiger partial charge is 0.226 e. The number of aromatic nitrogens is 3. The standard InChI is InChI=1S/C10H12N4O/c1-6(2)15-10-8-7(3-4-12-10)13-5-14-9(8)11/h3-6H,1-2H3,(H2,11,13,14). The van der Waals surface area contributed by atoms with E-state index in [9.17, 15) is 0 Å². The van der Waals surface area contributed by atoms with Crippen molar-refractivity contribution in [1.82, 2.24) is 15.0 Å². The van der Waals surface area contributed by atoms with Crippen molar-refractivity contribution in [2.75, 3.05) is 5.73 Å². The Balaban J connectivity index is 2.63. The number of nitrogens with two attached hydrogens (primary N) is 1. The minimum Gasteiger partial charge on any atom is -0.474 e. The van der Waals surface area contributed by atoms with Gasteiger partial charge in [-0.05, 0) is 19.9 Å². The van der Waals surface area contributed by atoms with Gasteiger partial charge in [0, 0.05) is 6.20 Å². The van der Waals surface area contributed by atoms with E-state index in [-0.39, 0.29) is 6.10 Å². The van der Waals surface area contributed by atoms with Crippen LogP contribution >= 0.6 is 0 Å². The number of nitrogens with zero attached hydrogens (tertiary/aromatic N) is 3. The highest BCUT2D eigenvalue weighted by Gasteiger charge is 2.09. The van der Waals surface area contributed by atoms with E-state index in [1.54, 1.807) is 12.3 Å². The topological polar surface area (TPSA) is 73.9 Å². The van der Waals surface area contributed by atoms with Crippen LogP contribution in [0.15, 0.2) is 18.6 Å². The van der Waals surface area contributed by atoms with Gasteiger partial charge in [-0.2, -0.15) is 0 Å². The fourth-order valence-corrected chi connectivity index (χ4v) is 1.31. The summed E-state index contributed by atoms with van der Waals surface area (Å²) >= 11 is 0. The van der Waals surface area contributed by atoms with Gasteiger partial charge in [-0.1, -0.05) is 0 Å². The van der Waals surface area contributed by atoms with Crippen LogP contribution in [-0.2, 0) is 0 Å². The van der Waals surface area contributed by atoms with E-state index in [2.05, 4.69) is 15.0 Å². The van der Waals surface area contributed by atoms with Crippen LogP contribution in [0.2, 0.25) is 0 Å². The van der Waals surface area contributed by atoms with Crippen LogP contribution in [0.25, 0.3) is 10.9 Å². The Morgan fingerprint density at radius 2 is 2.07 bits per heavy atom. The Hall–Kier alpha value is -1.91. The number of hydrogen-bond donors (Lipinski definition) is 1. The van der Waals surface area contributed by atoms with Gasteiger partial charge in [0.15, 0.2) is 0 Å². The minimum atomic E-state index is 0.0442. The summed E-state index contributed by atoms with van der Waals surface area (Å²) in [5, 5.41) is 0.675. The molecule has 0 aliphatic rings. The first-order chi connectivity index (χ1) is 7.18. The fourth-order valence-electron chi connectivity index (χ4n) is 1.31. The minimum absolute atomic E-state index is 0.0442. The summed E-state index contributed by atoms with van der Waals surface area (Å²) in [6.45, 7) is 3.86. The number of pyridine rings is 1. The van der Waals surface area contributed by atoms with E-state index in [0.717, 1.165) is 5.52 Å². The van der Waals surface area contributed by atoms with Gasteiger partial charge in [-0.25, -0.2) is 15.0 Å². The number of anilines is 1. The van der Waals surface area contributed by atoms with E-state index in [1.807, 2.05) is 13.8 Å². The van der Waals surface area contributed by atoms with Gasteiger partial charge < -0.3 is 10.5 Å². The molecule has 0 aromatic carbocycles. The van der Waals surface area contributed by atoms with Crippen LogP contribution in [0.5, 0.6) is 5.88 Å². The average Bonchev–Trinajstić information content (AvgIpc) is 2.17. The molecule has 0 saturated heterocycles. The van der Waals surface area contributed by atoms with Crippen LogP contribution in [0.4, 0.5) is 5.82 Å². The predicted octanol–water partition coefficient (Wildman–Crippen LogP) is 1.39. The largest absolute Gasteiger partial charge is 0.474 e. The summed E-state index contributed by atoms with van der Waals surface area (Å²) in [7, 11) is 0. The van der Waals surface area contributed by atoms with Crippen LogP contribution in [-0.4, -0.2) is 21.1 Å². The number of hydrogen-bond acceptors (Lipinski definition) is 5. The Labute approximate surface area is 87.3 Å². The summed E-state index contributed by atoms with van der Waals surface area (Å²) < 4.78 is 5.54. The number of ether oxygens (including phenoxy) is 1. The highest BCUT2D eigenvalue weighted by atomic mass is 16.5. The van der Waals surface area contributed by atoms with Gasteiger partial charge in [0.2, 0.25) is 5.88 Å². The molecule has 0 fully saturated rings. The summed E-state index contributed by atoms with van der Waals surface area (Å²) in [5.74, 6) is 0.879. The van der Waals surface area contributed by atoms with Gasteiger partial charge in [0.05, 0.1) is 11.6 Å². The molecular weight excluding hydrogens is 192 g/mol. The first-order valence-corrected chi connectivity index (χ1v) is 4.70. The van der Waals surface area contributed by atoms with Crippen LogP contribution in [0, 0.1) is 0 Å². The van der Waals surface area contributed by atoms with Crippen molar-refractivity contribution in [2.45, 2.75) is 20.0 Å². The van der Waals surface area contributed by atoms with E-state index in [1.165, 1.54) is 6.33 Å². The normalized spacial score (nSPS) is 10.9. The number of nitrogen functional groups attached to an aromatic ring is 1. The first-order valence-electron chi connectivity index (χ1n) is 4.70. The van der Waals surface area contributed by atoms with Crippen molar-refractivity contribution in [3.8, 4) is 5.88 Å². The number of rotatable bonds is 2. The molecule has 2 aromatic heterocycles. The van der Waals surface area contributed by atoms with Gasteiger partial charge in [0.25, 0.3) is 0 Å². The third-order valence-electron chi connectivity index (χ3n) is 1.89. The zero-order chi connectivity index (χ0) is 10.8. The highest BCUT2D eigenvalue weighted by Crippen LogP contribution is 2.25. The fraction of sp³-hybridized carbons (Fsp3) is 0.300. The summed E-state index contributed by atoms with van der Waals surface area (Å²) in [6, 6.07) is 1.78. The lowest BCUT2D eigenvalue weighted by atomic mass is 10.3. The molecule has 0 aliphatic heterocycles. The van der Waals surface area contributed by atoms with Gasteiger partial charge in [-0.15, -0.1) is 0 Å². The maximum Gasteiger partial charge on any atom is 0.226 e. The number of fused-ring (bicyclic) bond motifs is 1.